The van der Waals surface area contributed by atoms with Crippen molar-refractivity contribution in [1.29, 1.82) is 0 Å². The fourth-order valence-corrected chi connectivity index (χ4v) is 7.05. The van der Waals surface area contributed by atoms with Crippen LogP contribution in [0.5, 0.6) is 11.5 Å². The summed E-state index contributed by atoms with van der Waals surface area (Å²) in [4.78, 5) is 8.66. The molecule has 2 aromatic heterocycles. The molecule has 0 fully saturated rings. The molecule has 4 rings (SSSR count). The molecule has 1 N–H and O–H groups in total. The number of methoxy groups -OCH3 is 1. The van der Waals surface area contributed by atoms with E-state index in [1.807, 2.05) is 24.3 Å². The smallest absolute Gasteiger partial charge is 0.241 e. The van der Waals surface area contributed by atoms with E-state index < -0.39 is 35.3 Å². The molecule has 0 bridgehead atoms. The molecule has 1 aromatic carbocycles. The van der Waals surface area contributed by atoms with E-state index in [4.69, 9.17) is 9.47 Å². The molecule has 0 aliphatic carbocycles. The van der Waals surface area contributed by atoms with Crippen molar-refractivity contribution in [2.45, 2.75) is 56.7 Å². The van der Waals surface area contributed by atoms with Crippen molar-refractivity contribution in [3.8, 4) is 22.9 Å². The molecule has 13 heteroatoms. The van der Waals surface area contributed by atoms with Gasteiger partial charge in [-0.3, -0.25) is 4.57 Å². The van der Waals surface area contributed by atoms with Gasteiger partial charge in [-0.15, -0.1) is 10.2 Å². The van der Waals surface area contributed by atoms with Gasteiger partial charge in [-0.1, -0.05) is 38.7 Å². The van der Waals surface area contributed by atoms with Crippen LogP contribution in [0.4, 0.5) is 5.95 Å². The van der Waals surface area contributed by atoms with Crippen LogP contribution in [0.3, 0.4) is 0 Å². The predicted molar refractivity (Wildman–Crippen MR) is 148 cm³/mol. The van der Waals surface area contributed by atoms with Crippen molar-refractivity contribution in [2.24, 2.45) is 0 Å². The van der Waals surface area contributed by atoms with Crippen molar-refractivity contribution in [1.82, 2.24) is 24.7 Å². The highest BCUT2D eigenvalue weighted by molar-refractivity contribution is 7.93. The first-order valence-corrected chi connectivity index (χ1v) is 17.8. The maximum Gasteiger partial charge on any atom is 0.241 e. The zero-order valence-corrected chi connectivity index (χ0v) is 24.5. The molecule has 3 atom stereocenters. The van der Waals surface area contributed by atoms with Gasteiger partial charge in [0, 0.05) is 20.5 Å². The van der Waals surface area contributed by atoms with Gasteiger partial charge < -0.3 is 14.6 Å². The highest BCUT2D eigenvalue weighted by Crippen LogP contribution is 2.38. The highest BCUT2D eigenvalue weighted by Gasteiger charge is 2.39. The lowest BCUT2D eigenvalue weighted by molar-refractivity contribution is 0.172. The van der Waals surface area contributed by atoms with E-state index in [1.165, 1.54) is 23.8 Å². The molecule has 38 heavy (non-hydrogen) atoms. The average Bonchev–Trinajstić information content (AvgIpc) is 3.24. The molecule has 3 aromatic rings. The summed E-state index contributed by atoms with van der Waals surface area (Å²) in [5, 5.41) is 18.2. The Morgan fingerprint density at radius 3 is 2.50 bits per heavy atom. The number of rotatable bonds is 10. The van der Waals surface area contributed by atoms with Crippen molar-refractivity contribution < 1.29 is 23.0 Å². The minimum atomic E-state index is -3.97. The number of para-hydroxylation sites is 1. The van der Waals surface area contributed by atoms with E-state index in [0.29, 0.717) is 34.8 Å². The monoisotopic (exact) mass is 560 g/mol. The first kappa shape index (κ1) is 28.0. The molecule has 11 nitrogen and oxygen atoms in total. The largest absolute Gasteiger partial charge is 0.494 e. The van der Waals surface area contributed by atoms with Crippen molar-refractivity contribution in [3.05, 3.63) is 42.5 Å². The maximum atomic E-state index is 14.3. The van der Waals surface area contributed by atoms with Gasteiger partial charge >= 0.3 is 0 Å². The molecule has 0 spiro atoms. The van der Waals surface area contributed by atoms with Gasteiger partial charge in [0.25, 0.3) is 0 Å². The van der Waals surface area contributed by atoms with Crippen LogP contribution in [0.15, 0.2) is 36.7 Å². The van der Waals surface area contributed by atoms with Crippen molar-refractivity contribution >= 4 is 24.0 Å². The van der Waals surface area contributed by atoms with Crippen LogP contribution < -0.4 is 13.8 Å². The quantitative estimate of drug-likeness (QED) is 0.371. The average molecular weight is 561 g/mol. The van der Waals surface area contributed by atoms with Gasteiger partial charge in [0.15, 0.2) is 11.6 Å². The normalized spacial score (nSPS) is 17.0. The third-order valence-corrected chi connectivity index (χ3v) is 10.9. The lowest BCUT2D eigenvalue weighted by Gasteiger charge is -2.31. The Balaban J connectivity index is 1.80. The van der Waals surface area contributed by atoms with Gasteiger partial charge in [-0.05, 0) is 25.1 Å². The molecular weight excluding hydrogens is 524 g/mol. The van der Waals surface area contributed by atoms with Gasteiger partial charge in [0.2, 0.25) is 16.0 Å². The Bertz CT molecular complexity index is 1360. The zero-order chi connectivity index (χ0) is 27.7. The van der Waals surface area contributed by atoms with E-state index in [9.17, 15) is 13.5 Å². The predicted octanol–water partition coefficient (Wildman–Crippen LogP) is 3.34. The molecular formula is C25H36N6O5SSi. The summed E-state index contributed by atoms with van der Waals surface area (Å²) in [5.41, 5.74) is 0.692. The minimum absolute atomic E-state index is 0.152. The summed E-state index contributed by atoms with van der Waals surface area (Å²) in [6.45, 7) is 10.2. The first-order chi connectivity index (χ1) is 18.0. The van der Waals surface area contributed by atoms with Crippen LogP contribution in [-0.2, 0) is 10.0 Å². The Morgan fingerprint density at radius 1 is 1.18 bits per heavy atom. The Hall–Kier alpha value is -3.03. The van der Waals surface area contributed by atoms with E-state index in [-0.39, 0.29) is 25.7 Å². The number of ether oxygens (including phenoxy) is 2. The summed E-state index contributed by atoms with van der Waals surface area (Å²) in [6.07, 6.45) is 3.06. The van der Waals surface area contributed by atoms with Gasteiger partial charge in [0.05, 0.1) is 43.0 Å². The summed E-state index contributed by atoms with van der Waals surface area (Å²) < 4.78 is 42.7. The molecule has 0 saturated carbocycles. The molecule has 3 heterocycles. The summed E-state index contributed by atoms with van der Waals surface area (Å²) in [7, 11) is -4.09. The number of nitrogens with zero attached hydrogens (tertiary/aromatic N) is 6. The third-order valence-electron chi connectivity index (χ3n) is 6.87. The molecule has 1 aliphatic heterocycles. The third kappa shape index (κ3) is 5.54. The molecule has 206 valence electrons. The van der Waals surface area contributed by atoms with Gasteiger partial charge in [-0.25, -0.2) is 22.7 Å². The number of sulfonamides is 1. The molecule has 0 radical (unpaired) electrons. The maximum absolute atomic E-state index is 14.3. The molecule has 0 amide bonds. The topological polar surface area (TPSA) is 133 Å². The van der Waals surface area contributed by atoms with E-state index in [2.05, 4.69) is 39.8 Å². The highest BCUT2D eigenvalue weighted by atomic mass is 32.2. The first-order valence-electron chi connectivity index (χ1n) is 12.6. The number of aromatic nitrogens is 5. The van der Waals surface area contributed by atoms with Crippen molar-refractivity contribution in [3.63, 3.8) is 0 Å². The van der Waals surface area contributed by atoms with Crippen LogP contribution in [0, 0.1) is 0 Å². The minimum Gasteiger partial charge on any atom is -0.494 e. The summed E-state index contributed by atoms with van der Waals surface area (Å²) in [5.74, 6) is 1.63. The number of benzene rings is 1. The van der Waals surface area contributed by atoms with Crippen LogP contribution in [-0.4, -0.2) is 78.4 Å². The number of fused-ring (bicyclic) bond motifs is 3. The SMILES string of the molecule is COc1cnc(C(C)C(C)S(=O)(=O)N(CC[Si](C)(C)C)c2nnc3n2[C@@H](CO)COc2ccccc2-3)nc1. The Kier molecular flexibility index (Phi) is 8.09. The van der Waals surface area contributed by atoms with Crippen LogP contribution >= 0.6 is 0 Å². The van der Waals surface area contributed by atoms with E-state index in [0.717, 1.165) is 0 Å². The van der Waals surface area contributed by atoms with Crippen LogP contribution in [0.1, 0.15) is 31.6 Å². The Labute approximate surface area is 224 Å². The molecule has 0 saturated heterocycles. The van der Waals surface area contributed by atoms with E-state index in [1.54, 1.807) is 18.4 Å². The number of hydrogen-bond donors (Lipinski definition) is 1. The fourth-order valence-electron chi connectivity index (χ4n) is 4.26. The molecule has 2 unspecified atom stereocenters. The lowest BCUT2D eigenvalue weighted by atomic mass is 10.1. The Morgan fingerprint density at radius 2 is 1.87 bits per heavy atom. The second-order valence-corrected chi connectivity index (χ2v) is 18.6. The van der Waals surface area contributed by atoms with E-state index >= 15 is 0 Å². The lowest BCUT2D eigenvalue weighted by Crippen LogP contribution is -2.44. The number of anilines is 1. The second kappa shape index (κ2) is 11.0. The van der Waals surface area contributed by atoms with Gasteiger partial charge in [-0.2, -0.15) is 0 Å². The van der Waals surface area contributed by atoms with Crippen LogP contribution in [0.2, 0.25) is 25.7 Å². The fraction of sp³-hybridized carbons (Fsp3) is 0.520. The number of aliphatic hydroxyl groups is 1. The van der Waals surface area contributed by atoms with Crippen LogP contribution in [0.25, 0.3) is 11.4 Å². The van der Waals surface area contributed by atoms with Crippen molar-refractivity contribution in [2.75, 3.05) is 31.2 Å². The number of aliphatic hydroxyl groups excluding tert-OH is 1. The standard InChI is InChI=1S/C25H36N6O5SSi/c1-17(23-26-13-20(35-3)14-27-23)18(2)37(33,34)30(11-12-38(4,5)6)25-29-28-24-21-9-7-8-10-22(21)36-16-19(15-32)31(24)25/h7-10,13-14,17-19,32H,11-12,15-16H2,1-6H3/t17?,18?,19-/m0/s1. The zero-order valence-electron chi connectivity index (χ0n) is 22.7. The second-order valence-electron chi connectivity index (χ2n) is 10.7. The number of hydrogen-bond acceptors (Lipinski definition) is 9. The van der Waals surface area contributed by atoms with Gasteiger partial charge in [0.1, 0.15) is 18.2 Å². The summed E-state index contributed by atoms with van der Waals surface area (Å²) in [6, 6.07) is 7.54. The molecule has 1 aliphatic rings. The summed E-state index contributed by atoms with van der Waals surface area (Å²) >= 11 is 0.